The van der Waals surface area contributed by atoms with Gasteiger partial charge in [-0.15, -0.1) is 0 Å². The van der Waals surface area contributed by atoms with E-state index in [4.69, 9.17) is 10.5 Å². The Hall–Kier alpha value is -2.01. The third-order valence-corrected chi connectivity index (χ3v) is 3.41. The van der Waals surface area contributed by atoms with Crippen LogP contribution in [0.15, 0.2) is 30.5 Å². The molecule has 1 heterocycles. The van der Waals surface area contributed by atoms with E-state index in [1.807, 2.05) is 24.3 Å². The van der Waals surface area contributed by atoms with Gasteiger partial charge < -0.3 is 15.4 Å². The highest BCUT2D eigenvalue weighted by atomic mass is 16.5. The SMILES string of the molecule is CCN(CC)CCOc1ccccc1-c1cn[nH]c1N. The van der Waals surface area contributed by atoms with Gasteiger partial charge in [-0.05, 0) is 19.2 Å². The first-order valence-corrected chi connectivity index (χ1v) is 6.99. The predicted octanol–water partition coefficient (Wildman–Crippen LogP) is 2.38. The van der Waals surface area contributed by atoms with Crippen LogP contribution in [0.25, 0.3) is 11.1 Å². The number of aromatic nitrogens is 2. The molecule has 0 radical (unpaired) electrons. The van der Waals surface area contributed by atoms with E-state index < -0.39 is 0 Å². The van der Waals surface area contributed by atoms with E-state index >= 15 is 0 Å². The maximum absolute atomic E-state index is 5.91. The van der Waals surface area contributed by atoms with E-state index in [0.717, 1.165) is 36.5 Å². The molecule has 3 N–H and O–H groups in total. The molecular weight excluding hydrogens is 252 g/mol. The number of nitrogens with one attached hydrogen (secondary N) is 1. The molecule has 0 spiro atoms. The fourth-order valence-corrected chi connectivity index (χ4v) is 2.15. The first-order chi connectivity index (χ1) is 9.76. The zero-order valence-corrected chi connectivity index (χ0v) is 12.1. The standard InChI is InChI=1S/C15H22N4O/c1-3-19(4-2)9-10-20-14-8-6-5-7-12(14)13-11-17-18-15(13)16/h5-8,11H,3-4,9-10H2,1-2H3,(H3,16,17,18). The van der Waals surface area contributed by atoms with Crippen molar-refractivity contribution in [2.45, 2.75) is 13.8 Å². The summed E-state index contributed by atoms with van der Waals surface area (Å²) in [6, 6.07) is 7.89. The number of nitrogen functional groups attached to an aromatic ring is 1. The summed E-state index contributed by atoms with van der Waals surface area (Å²) in [6.07, 6.45) is 1.72. The first kappa shape index (κ1) is 14.4. The molecule has 0 unspecified atom stereocenters. The number of nitrogens with zero attached hydrogens (tertiary/aromatic N) is 2. The van der Waals surface area contributed by atoms with Gasteiger partial charge in [0.2, 0.25) is 0 Å². The van der Waals surface area contributed by atoms with Gasteiger partial charge in [-0.2, -0.15) is 5.10 Å². The molecule has 0 bridgehead atoms. The molecule has 0 saturated carbocycles. The minimum atomic E-state index is 0.560. The molecule has 0 aliphatic carbocycles. The molecule has 108 valence electrons. The van der Waals surface area contributed by atoms with Crippen LogP contribution in [0.2, 0.25) is 0 Å². The van der Waals surface area contributed by atoms with Crippen molar-refractivity contribution in [3.8, 4) is 16.9 Å². The molecule has 0 aliphatic heterocycles. The molecule has 0 saturated heterocycles. The van der Waals surface area contributed by atoms with Gasteiger partial charge >= 0.3 is 0 Å². The number of ether oxygens (including phenoxy) is 1. The van der Waals surface area contributed by atoms with Gasteiger partial charge in [0.05, 0.1) is 6.20 Å². The summed E-state index contributed by atoms with van der Waals surface area (Å²) in [6.45, 7) is 7.97. The van der Waals surface area contributed by atoms with E-state index in [2.05, 4.69) is 28.9 Å². The molecule has 1 aromatic heterocycles. The molecule has 5 heteroatoms. The highest BCUT2D eigenvalue weighted by Crippen LogP contribution is 2.32. The average Bonchev–Trinajstić information content (AvgIpc) is 2.90. The van der Waals surface area contributed by atoms with Gasteiger partial charge in [-0.3, -0.25) is 5.10 Å². The van der Waals surface area contributed by atoms with Crippen molar-refractivity contribution in [1.29, 1.82) is 0 Å². The Kier molecular flexibility index (Phi) is 5.01. The molecule has 0 amide bonds. The fraction of sp³-hybridized carbons (Fsp3) is 0.400. The molecule has 0 aliphatic rings. The van der Waals surface area contributed by atoms with Crippen molar-refractivity contribution >= 4 is 5.82 Å². The molecule has 5 nitrogen and oxygen atoms in total. The summed E-state index contributed by atoms with van der Waals surface area (Å²) < 4.78 is 5.91. The summed E-state index contributed by atoms with van der Waals surface area (Å²) in [4.78, 5) is 2.33. The summed E-state index contributed by atoms with van der Waals surface area (Å²) >= 11 is 0. The van der Waals surface area contributed by atoms with Crippen LogP contribution in [0.1, 0.15) is 13.8 Å². The topological polar surface area (TPSA) is 67.2 Å². The third-order valence-electron chi connectivity index (χ3n) is 3.41. The highest BCUT2D eigenvalue weighted by Gasteiger charge is 2.10. The van der Waals surface area contributed by atoms with Gasteiger partial charge in [-0.25, -0.2) is 0 Å². The van der Waals surface area contributed by atoms with Crippen LogP contribution in [-0.4, -0.2) is 41.3 Å². The average molecular weight is 274 g/mol. The van der Waals surface area contributed by atoms with Crippen LogP contribution in [-0.2, 0) is 0 Å². The van der Waals surface area contributed by atoms with Crippen molar-refractivity contribution < 1.29 is 4.74 Å². The lowest BCUT2D eigenvalue weighted by Crippen LogP contribution is -2.27. The number of rotatable bonds is 7. The predicted molar refractivity (Wildman–Crippen MR) is 81.7 cm³/mol. The van der Waals surface area contributed by atoms with Gasteiger partial charge in [0, 0.05) is 17.7 Å². The Balaban J connectivity index is 2.07. The van der Waals surface area contributed by atoms with Gasteiger partial charge in [0.15, 0.2) is 0 Å². The van der Waals surface area contributed by atoms with E-state index in [9.17, 15) is 0 Å². The number of likely N-dealkylation sites (N-methyl/N-ethyl adjacent to an activating group) is 1. The molecule has 0 fully saturated rings. The van der Waals surface area contributed by atoms with Crippen LogP contribution >= 0.6 is 0 Å². The van der Waals surface area contributed by atoms with E-state index in [0.29, 0.717) is 12.4 Å². The van der Waals surface area contributed by atoms with Crippen LogP contribution in [0.5, 0.6) is 5.75 Å². The lowest BCUT2D eigenvalue weighted by molar-refractivity contribution is 0.223. The van der Waals surface area contributed by atoms with Crippen molar-refractivity contribution in [3.63, 3.8) is 0 Å². The van der Waals surface area contributed by atoms with Crippen molar-refractivity contribution in [1.82, 2.24) is 15.1 Å². The third kappa shape index (κ3) is 3.30. The zero-order chi connectivity index (χ0) is 14.4. The summed E-state index contributed by atoms with van der Waals surface area (Å²) in [5.41, 5.74) is 7.73. The van der Waals surface area contributed by atoms with Gasteiger partial charge in [0.25, 0.3) is 0 Å². The van der Waals surface area contributed by atoms with Crippen LogP contribution in [0.4, 0.5) is 5.82 Å². The summed E-state index contributed by atoms with van der Waals surface area (Å²) in [5, 5.41) is 6.71. The number of anilines is 1. The Morgan fingerprint density at radius 3 is 2.60 bits per heavy atom. The van der Waals surface area contributed by atoms with E-state index in [1.54, 1.807) is 6.20 Å². The van der Waals surface area contributed by atoms with Crippen molar-refractivity contribution in [3.05, 3.63) is 30.5 Å². The van der Waals surface area contributed by atoms with Crippen LogP contribution in [0, 0.1) is 0 Å². The number of aromatic amines is 1. The number of H-pyrrole nitrogens is 1. The quantitative estimate of drug-likeness (QED) is 0.813. The maximum atomic E-state index is 5.91. The van der Waals surface area contributed by atoms with E-state index in [-0.39, 0.29) is 0 Å². The minimum Gasteiger partial charge on any atom is -0.492 e. The number of para-hydroxylation sites is 1. The first-order valence-electron chi connectivity index (χ1n) is 6.99. The lowest BCUT2D eigenvalue weighted by atomic mass is 10.1. The Labute approximate surface area is 119 Å². The fourth-order valence-electron chi connectivity index (χ4n) is 2.15. The maximum Gasteiger partial charge on any atom is 0.127 e. The smallest absolute Gasteiger partial charge is 0.127 e. The Bertz CT molecular complexity index is 534. The molecule has 0 atom stereocenters. The zero-order valence-electron chi connectivity index (χ0n) is 12.1. The number of hydrogen-bond acceptors (Lipinski definition) is 4. The van der Waals surface area contributed by atoms with Crippen LogP contribution in [0.3, 0.4) is 0 Å². The summed E-state index contributed by atoms with van der Waals surface area (Å²) in [7, 11) is 0. The van der Waals surface area contributed by atoms with Gasteiger partial charge in [0.1, 0.15) is 18.2 Å². The monoisotopic (exact) mass is 274 g/mol. The molecule has 20 heavy (non-hydrogen) atoms. The highest BCUT2D eigenvalue weighted by molar-refractivity contribution is 5.77. The molecule has 2 rings (SSSR count). The summed E-state index contributed by atoms with van der Waals surface area (Å²) in [5.74, 6) is 1.40. The largest absolute Gasteiger partial charge is 0.492 e. The lowest BCUT2D eigenvalue weighted by Gasteiger charge is -2.18. The van der Waals surface area contributed by atoms with Crippen molar-refractivity contribution in [2.75, 3.05) is 32.0 Å². The normalized spacial score (nSPS) is 10.9. The Morgan fingerprint density at radius 1 is 1.20 bits per heavy atom. The molecule has 1 aromatic carbocycles. The number of benzene rings is 1. The van der Waals surface area contributed by atoms with E-state index in [1.165, 1.54) is 0 Å². The van der Waals surface area contributed by atoms with Crippen molar-refractivity contribution in [2.24, 2.45) is 0 Å². The number of nitrogens with two attached hydrogens (primary N) is 1. The Morgan fingerprint density at radius 2 is 1.95 bits per heavy atom. The van der Waals surface area contributed by atoms with Gasteiger partial charge in [-0.1, -0.05) is 32.0 Å². The number of hydrogen-bond donors (Lipinski definition) is 2. The van der Waals surface area contributed by atoms with Crippen LogP contribution < -0.4 is 10.5 Å². The molecular formula is C15H22N4O. The second kappa shape index (κ2) is 6.96. The second-order valence-corrected chi connectivity index (χ2v) is 4.57. The minimum absolute atomic E-state index is 0.560. The molecule has 2 aromatic rings. The second-order valence-electron chi connectivity index (χ2n) is 4.57.